The number of aryl methyl sites for hydroxylation is 1. The smallest absolute Gasteiger partial charge is 0.332 e. The van der Waals surface area contributed by atoms with Gasteiger partial charge < -0.3 is 20.8 Å². The standard InChI is InChI=1S/C11H15N3O4/c1-7-4-8(6-12-5-7)14-11(18)13-3-2-9(15)10(16)17/h4-6,9,15H,2-3H2,1H3,(H,16,17)(H2,13,14,18). The summed E-state index contributed by atoms with van der Waals surface area (Å²) in [6.07, 6.45) is 1.64. The monoisotopic (exact) mass is 253 g/mol. The van der Waals surface area contributed by atoms with Gasteiger partial charge >= 0.3 is 12.0 Å². The molecule has 7 nitrogen and oxygen atoms in total. The van der Waals surface area contributed by atoms with Crippen LogP contribution in [0, 0.1) is 6.92 Å². The molecule has 0 radical (unpaired) electrons. The number of carboxylic acid groups (broad SMARTS) is 1. The number of carbonyl (C=O) groups excluding carboxylic acids is 1. The summed E-state index contributed by atoms with van der Waals surface area (Å²) in [6.45, 7) is 1.91. The molecule has 2 amide bonds. The molecule has 0 aliphatic rings. The fourth-order valence-corrected chi connectivity index (χ4v) is 1.24. The van der Waals surface area contributed by atoms with Gasteiger partial charge in [0.15, 0.2) is 6.10 Å². The minimum Gasteiger partial charge on any atom is -0.479 e. The SMILES string of the molecule is Cc1cncc(NC(=O)NCCC(O)C(=O)O)c1. The minimum atomic E-state index is -1.47. The van der Waals surface area contributed by atoms with Crippen molar-refractivity contribution < 1.29 is 19.8 Å². The second-order valence-corrected chi connectivity index (χ2v) is 3.77. The number of rotatable bonds is 5. The second-order valence-electron chi connectivity index (χ2n) is 3.77. The number of carboxylic acids is 1. The highest BCUT2D eigenvalue weighted by Gasteiger charge is 2.12. The van der Waals surface area contributed by atoms with Crippen molar-refractivity contribution in [1.82, 2.24) is 10.3 Å². The molecule has 0 bridgehead atoms. The summed E-state index contributed by atoms with van der Waals surface area (Å²) in [5.41, 5.74) is 1.46. The van der Waals surface area contributed by atoms with Crippen molar-refractivity contribution in [2.24, 2.45) is 0 Å². The van der Waals surface area contributed by atoms with E-state index >= 15 is 0 Å². The van der Waals surface area contributed by atoms with Crippen LogP contribution in [0.25, 0.3) is 0 Å². The molecule has 0 fully saturated rings. The summed E-state index contributed by atoms with van der Waals surface area (Å²) in [4.78, 5) is 25.6. The molecule has 1 unspecified atom stereocenters. The lowest BCUT2D eigenvalue weighted by molar-refractivity contribution is -0.146. The van der Waals surface area contributed by atoms with Gasteiger partial charge in [0.25, 0.3) is 0 Å². The van der Waals surface area contributed by atoms with Crippen LogP contribution < -0.4 is 10.6 Å². The van der Waals surface area contributed by atoms with Gasteiger partial charge in [0, 0.05) is 19.2 Å². The Balaban J connectivity index is 2.32. The Kier molecular flexibility index (Phi) is 5.06. The highest BCUT2D eigenvalue weighted by molar-refractivity contribution is 5.89. The van der Waals surface area contributed by atoms with E-state index in [0.717, 1.165) is 5.56 Å². The van der Waals surface area contributed by atoms with Gasteiger partial charge in [-0.1, -0.05) is 0 Å². The van der Waals surface area contributed by atoms with Crippen LogP contribution >= 0.6 is 0 Å². The number of aromatic nitrogens is 1. The zero-order chi connectivity index (χ0) is 13.5. The number of hydrogen-bond acceptors (Lipinski definition) is 4. The average molecular weight is 253 g/mol. The van der Waals surface area contributed by atoms with E-state index in [4.69, 9.17) is 10.2 Å². The van der Waals surface area contributed by atoms with Gasteiger partial charge in [-0.2, -0.15) is 0 Å². The number of carbonyl (C=O) groups is 2. The van der Waals surface area contributed by atoms with Crippen LogP contribution in [0.3, 0.4) is 0 Å². The van der Waals surface area contributed by atoms with Crippen molar-refractivity contribution in [2.45, 2.75) is 19.4 Å². The molecule has 1 aromatic heterocycles. The molecular formula is C11H15N3O4. The van der Waals surface area contributed by atoms with Crippen LogP contribution in [0.5, 0.6) is 0 Å². The maximum absolute atomic E-state index is 11.4. The maximum Gasteiger partial charge on any atom is 0.332 e. The second kappa shape index (κ2) is 6.55. The molecule has 0 aliphatic heterocycles. The summed E-state index contributed by atoms with van der Waals surface area (Å²) < 4.78 is 0. The predicted octanol–water partition coefficient (Wildman–Crippen LogP) is 0.347. The first-order valence-electron chi connectivity index (χ1n) is 5.36. The van der Waals surface area contributed by atoms with Crippen LogP contribution in [-0.2, 0) is 4.79 Å². The maximum atomic E-state index is 11.4. The van der Waals surface area contributed by atoms with E-state index < -0.39 is 18.1 Å². The number of anilines is 1. The Morgan fingerprint density at radius 1 is 1.44 bits per heavy atom. The van der Waals surface area contributed by atoms with Crippen LogP contribution in [0.2, 0.25) is 0 Å². The molecule has 1 rings (SSSR count). The molecule has 0 aromatic carbocycles. The number of nitrogens with one attached hydrogen (secondary N) is 2. The Bertz CT molecular complexity index is 436. The van der Waals surface area contributed by atoms with Crippen molar-refractivity contribution in [2.75, 3.05) is 11.9 Å². The molecule has 0 aliphatic carbocycles. The summed E-state index contributed by atoms with van der Waals surface area (Å²) in [5, 5.41) is 22.4. The number of urea groups is 1. The number of hydrogen-bond donors (Lipinski definition) is 4. The number of aliphatic hydroxyl groups excluding tert-OH is 1. The Morgan fingerprint density at radius 2 is 2.17 bits per heavy atom. The van der Waals surface area contributed by atoms with Crippen LogP contribution in [0.1, 0.15) is 12.0 Å². The number of nitrogens with zero attached hydrogens (tertiary/aromatic N) is 1. The number of aliphatic carboxylic acids is 1. The van der Waals surface area contributed by atoms with Crippen molar-refractivity contribution in [3.8, 4) is 0 Å². The summed E-state index contributed by atoms with van der Waals surface area (Å²) in [5.74, 6) is -1.31. The molecule has 0 saturated heterocycles. The van der Waals surface area contributed by atoms with E-state index in [9.17, 15) is 9.59 Å². The van der Waals surface area contributed by atoms with Crippen molar-refractivity contribution in [3.05, 3.63) is 24.0 Å². The topological polar surface area (TPSA) is 112 Å². The summed E-state index contributed by atoms with van der Waals surface area (Å²) >= 11 is 0. The van der Waals surface area contributed by atoms with Gasteiger partial charge in [-0.05, 0) is 18.6 Å². The van der Waals surface area contributed by atoms with Gasteiger partial charge in [-0.15, -0.1) is 0 Å². The van der Waals surface area contributed by atoms with Gasteiger partial charge in [0.05, 0.1) is 11.9 Å². The minimum absolute atomic E-state index is 0.0468. The Hall–Kier alpha value is -2.15. The van der Waals surface area contributed by atoms with E-state index in [1.54, 1.807) is 12.3 Å². The molecule has 0 spiro atoms. The first kappa shape index (κ1) is 13.9. The lowest BCUT2D eigenvalue weighted by Gasteiger charge is -2.09. The largest absolute Gasteiger partial charge is 0.479 e. The van der Waals surface area contributed by atoms with Gasteiger partial charge in [0.1, 0.15) is 0 Å². The van der Waals surface area contributed by atoms with Crippen LogP contribution in [0.4, 0.5) is 10.5 Å². The zero-order valence-electron chi connectivity index (χ0n) is 9.88. The van der Waals surface area contributed by atoms with E-state index in [-0.39, 0.29) is 13.0 Å². The predicted molar refractivity (Wildman–Crippen MR) is 64.3 cm³/mol. The lowest BCUT2D eigenvalue weighted by atomic mass is 10.2. The van der Waals surface area contributed by atoms with Crippen molar-refractivity contribution in [3.63, 3.8) is 0 Å². The molecule has 7 heteroatoms. The molecule has 1 atom stereocenters. The highest BCUT2D eigenvalue weighted by atomic mass is 16.4. The molecule has 18 heavy (non-hydrogen) atoms. The van der Waals surface area contributed by atoms with Crippen molar-refractivity contribution >= 4 is 17.7 Å². The quantitative estimate of drug-likeness (QED) is 0.605. The van der Waals surface area contributed by atoms with E-state index in [0.29, 0.717) is 5.69 Å². The van der Waals surface area contributed by atoms with Gasteiger partial charge in [-0.3, -0.25) is 4.98 Å². The fourth-order valence-electron chi connectivity index (χ4n) is 1.24. The fraction of sp³-hybridized carbons (Fsp3) is 0.364. The molecule has 98 valence electrons. The number of amides is 2. The molecule has 1 aromatic rings. The van der Waals surface area contributed by atoms with Gasteiger partial charge in [0.2, 0.25) is 0 Å². The number of pyridine rings is 1. The first-order chi connectivity index (χ1) is 8.49. The van der Waals surface area contributed by atoms with Crippen molar-refractivity contribution in [1.29, 1.82) is 0 Å². The zero-order valence-corrected chi connectivity index (χ0v) is 9.88. The average Bonchev–Trinajstić information content (AvgIpc) is 2.28. The number of aliphatic hydroxyl groups is 1. The normalized spacial score (nSPS) is 11.7. The third-order valence-electron chi connectivity index (χ3n) is 2.12. The Labute approximate surface area is 104 Å². The van der Waals surface area contributed by atoms with E-state index in [1.165, 1.54) is 6.20 Å². The molecular weight excluding hydrogens is 238 g/mol. The van der Waals surface area contributed by atoms with E-state index in [1.807, 2.05) is 6.92 Å². The van der Waals surface area contributed by atoms with Crippen LogP contribution in [-0.4, -0.2) is 39.8 Å². The lowest BCUT2D eigenvalue weighted by Crippen LogP contribution is -2.33. The summed E-state index contributed by atoms with van der Waals surface area (Å²) in [6, 6.07) is 1.28. The molecule has 0 saturated carbocycles. The molecule has 1 heterocycles. The first-order valence-corrected chi connectivity index (χ1v) is 5.36. The summed E-state index contributed by atoms with van der Waals surface area (Å²) in [7, 11) is 0. The van der Waals surface area contributed by atoms with Gasteiger partial charge in [-0.25, -0.2) is 9.59 Å². The molecule has 4 N–H and O–H groups in total. The van der Waals surface area contributed by atoms with E-state index in [2.05, 4.69) is 15.6 Å². The third-order valence-corrected chi connectivity index (χ3v) is 2.12. The Morgan fingerprint density at radius 3 is 2.78 bits per heavy atom. The highest BCUT2D eigenvalue weighted by Crippen LogP contribution is 2.06. The van der Waals surface area contributed by atoms with Crippen LogP contribution in [0.15, 0.2) is 18.5 Å². The third kappa shape index (κ3) is 4.79.